The summed E-state index contributed by atoms with van der Waals surface area (Å²) in [5.41, 5.74) is 3.10. The average molecular weight is 379 g/mol. The maximum absolute atomic E-state index is 12.6. The van der Waals surface area contributed by atoms with Crippen molar-refractivity contribution in [2.75, 3.05) is 31.1 Å². The summed E-state index contributed by atoms with van der Waals surface area (Å²) in [5, 5.41) is 11.9. The summed E-state index contributed by atoms with van der Waals surface area (Å²) in [4.78, 5) is 33.9. The third-order valence-electron chi connectivity index (χ3n) is 5.20. The lowest BCUT2D eigenvalue weighted by Crippen LogP contribution is -2.48. The van der Waals surface area contributed by atoms with Gasteiger partial charge in [0.25, 0.3) is 0 Å². The quantitative estimate of drug-likeness (QED) is 0.543. The van der Waals surface area contributed by atoms with Crippen LogP contribution >= 0.6 is 0 Å². The minimum absolute atomic E-state index is 0.158. The summed E-state index contributed by atoms with van der Waals surface area (Å²) in [5.74, 6) is 0.00148. The van der Waals surface area contributed by atoms with Crippen LogP contribution in [0.25, 0.3) is 10.9 Å². The van der Waals surface area contributed by atoms with Crippen LogP contribution in [0.3, 0.4) is 0 Å². The lowest BCUT2D eigenvalue weighted by Gasteiger charge is -2.35. The van der Waals surface area contributed by atoms with Gasteiger partial charge in [-0.25, -0.2) is 0 Å². The molecule has 1 aromatic carbocycles. The number of carbonyl (C=O) groups excluding carboxylic acids is 1. The molecule has 0 radical (unpaired) electrons. The standard InChI is InChI=1S/C20H21N5O3/c26-20(8-5-15-13-21-18-4-2-1-3-17(15)18)24-11-9-23(10-12-24)16-6-7-19(22-14-16)25(27)28/h1-4,6-7,13-14,21H,5,8-12H2. The molecular weight excluding hydrogens is 358 g/mol. The molecule has 144 valence electrons. The molecule has 0 unspecified atom stereocenters. The van der Waals surface area contributed by atoms with E-state index in [9.17, 15) is 14.9 Å². The number of rotatable bonds is 5. The van der Waals surface area contributed by atoms with Crippen molar-refractivity contribution in [3.05, 3.63) is 64.5 Å². The number of nitro groups is 1. The lowest BCUT2D eigenvalue weighted by molar-refractivity contribution is -0.389. The number of carbonyl (C=O) groups is 1. The summed E-state index contributed by atoms with van der Waals surface area (Å²) in [6, 6.07) is 11.2. The number of para-hydroxylation sites is 1. The van der Waals surface area contributed by atoms with E-state index in [1.54, 1.807) is 6.07 Å². The van der Waals surface area contributed by atoms with Crippen molar-refractivity contribution < 1.29 is 9.72 Å². The number of benzene rings is 1. The Labute approximate surface area is 161 Å². The molecule has 0 bridgehead atoms. The van der Waals surface area contributed by atoms with Crippen LogP contribution in [0.2, 0.25) is 0 Å². The number of pyridine rings is 1. The molecule has 0 saturated carbocycles. The largest absolute Gasteiger partial charge is 0.365 e. The highest BCUT2D eigenvalue weighted by atomic mass is 16.6. The van der Waals surface area contributed by atoms with Gasteiger partial charge in [0.2, 0.25) is 5.91 Å². The maximum atomic E-state index is 12.6. The van der Waals surface area contributed by atoms with Gasteiger partial charge in [-0.1, -0.05) is 18.2 Å². The molecule has 3 aromatic rings. The predicted molar refractivity (Wildman–Crippen MR) is 106 cm³/mol. The molecule has 1 aliphatic heterocycles. The molecule has 8 nitrogen and oxygen atoms in total. The number of anilines is 1. The van der Waals surface area contributed by atoms with Gasteiger partial charge < -0.3 is 24.9 Å². The number of hydrogen-bond donors (Lipinski definition) is 1. The Morgan fingerprint density at radius 1 is 1.14 bits per heavy atom. The molecule has 0 spiro atoms. The highest BCUT2D eigenvalue weighted by Gasteiger charge is 2.22. The second kappa shape index (κ2) is 7.67. The highest BCUT2D eigenvalue weighted by Crippen LogP contribution is 2.21. The molecule has 1 amide bonds. The topological polar surface area (TPSA) is 95.4 Å². The molecule has 28 heavy (non-hydrogen) atoms. The predicted octanol–water partition coefficient (Wildman–Crippen LogP) is 2.75. The second-order valence-electron chi connectivity index (χ2n) is 6.86. The zero-order valence-electron chi connectivity index (χ0n) is 15.4. The number of aromatic amines is 1. The Balaban J connectivity index is 1.30. The fourth-order valence-electron chi connectivity index (χ4n) is 3.63. The highest BCUT2D eigenvalue weighted by molar-refractivity contribution is 5.84. The van der Waals surface area contributed by atoms with Crippen LogP contribution in [0.5, 0.6) is 0 Å². The van der Waals surface area contributed by atoms with Gasteiger partial charge in [0.05, 0.1) is 5.69 Å². The fourth-order valence-corrected chi connectivity index (χ4v) is 3.63. The van der Waals surface area contributed by atoms with Crippen LogP contribution < -0.4 is 4.90 Å². The Kier molecular flexibility index (Phi) is 4.92. The van der Waals surface area contributed by atoms with Crippen LogP contribution in [0, 0.1) is 10.1 Å². The second-order valence-corrected chi connectivity index (χ2v) is 6.86. The molecule has 1 N–H and O–H groups in total. The van der Waals surface area contributed by atoms with Gasteiger partial charge in [0.15, 0.2) is 6.20 Å². The van der Waals surface area contributed by atoms with Crippen molar-refractivity contribution in [2.45, 2.75) is 12.8 Å². The fraction of sp³-hybridized carbons (Fsp3) is 0.300. The lowest BCUT2D eigenvalue weighted by atomic mass is 10.1. The van der Waals surface area contributed by atoms with E-state index in [0.717, 1.165) is 17.6 Å². The number of H-pyrrole nitrogens is 1. The van der Waals surface area contributed by atoms with Crippen LogP contribution in [0.1, 0.15) is 12.0 Å². The van der Waals surface area contributed by atoms with Crippen molar-refractivity contribution in [3.8, 4) is 0 Å². The van der Waals surface area contributed by atoms with Crippen LogP contribution in [-0.4, -0.2) is 51.9 Å². The maximum Gasteiger partial charge on any atom is 0.363 e. The van der Waals surface area contributed by atoms with Gasteiger partial charge in [-0.3, -0.25) is 4.79 Å². The summed E-state index contributed by atoms with van der Waals surface area (Å²) in [7, 11) is 0. The van der Waals surface area contributed by atoms with E-state index in [2.05, 4.69) is 20.9 Å². The Bertz CT molecular complexity index is 991. The van der Waals surface area contributed by atoms with Gasteiger partial charge in [-0.2, -0.15) is 0 Å². The first-order chi connectivity index (χ1) is 13.6. The zero-order valence-corrected chi connectivity index (χ0v) is 15.4. The van der Waals surface area contributed by atoms with Gasteiger partial charge in [-0.15, -0.1) is 0 Å². The molecular formula is C20H21N5O3. The van der Waals surface area contributed by atoms with E-state index < -0.39 is 4.92 Å². The van der Waals surface area contributed by atoms with Gasteiger partial charge >= 0.3 is 5.82 Å². The summed E-state index contributed by atoms with van der Waals surface area (Å²) in [6.07, 6.45) is 4.71. The molecule has 1 fully saturated rings. The number of piperazine rings is 1. The van der Waals surface area contributed by atoms with Crippen molar-refractivity contribution >= 4 is 28.3 Å². The van der Waals surface area contributed by atoms with Crippen LogP contribution in [-0.2, 0) is 11.2 Å². The summed E-state index contributed by atoms with van der Waals surface area (Å²) < 4.78 is 0. The van der Waals surface area contributed by atoms with E-state index in [4.69, 9.17) is 0 Å². The number of aromatic nitrogens is 2. The van der Waals surface area contributed by atoms with Crippen LogP contribution in [0.4, 0.5) is 11.5 Å². The SMILES string of the molecule is O=C(CCc1c[nH]c2ccccc12)N1CCN(c2ccc([N+](=O)[O-])nc2)CC1. The van der Waals surface area contributed by atoms with Gasteiger partial charge in [-0.05, 0) is 34.0 Å². The van der Waals surface area contributed by atoms with Crippen molar-refractivity contribution in [1.82, 2.24) is 14.9 Å². The number of aryl methyl sites for hydroxylation is 1. The van der Waals surface area contributed by atoms with Crippen molar-refractivity contribution in [2.24, 2.45) is 0 Å². The molecule has 3 heterocycles. The van der Waals surface area contributed by atoms with Gasteiger partial charge in [0, 0.05) is 55.8 Å². The molecule has 2 aromatic heterocycles. The van der Waals surface area contributed by atoms with E-state index in [1.165, 1.54) is 23.2 Å². The van der Waals surface area contributed by atoms with Gasteiger partial charge in [0.1, 0.15) is 0 Å². The smallest absolute Gasteiger partial charge is 0.363 e. The number of nitrogens with zero attached hydrogens (tertiary/aromatic N) is 4. The Morgan fingerprint density at radius 3 is 2.64 bits per heavy atom. The van der Waals surface area contributed by atoms with E-state index in [-0.39, 0.29) is 11.7 Å². The minimum atomic E-state index is -0.506. The van der Waals surface area contributed by atoms with Crippen molar-refractivity contribution in [1.29, 1.82) is 0 Å². The number of amides is 1. The summed E-state index contributed by atoms with van der Waals surface area (Å²) >= 11 is 0. The van der Waals surface area contributed by atoms with E-state index in [0.29, 0.717) is 32.6 Å². The first kappa shape index (κ1) is 18.0. The Morgan fingerprint density at radius 2 is 1.93 bits per heavy atom. The molecule has 0 aliphatic carbocycles. The van der Waals surface area contributed by atoms with Crippen LogP contribution in [0.15, 0.2) is 48.8 Å². The number of nitrogens with one attached hydrogen (secondary N) is 1. The molecule has 8 heteroatoms. The number of hydrogen-bond acceptors (Lipinski definition) is 5. The molecule has 0 atom stereocenters. The zero-order chi connectivity index (χ0) is 19.5. The number of fused-ring (bicyclic) bond motifs is 1. The third kappa shape index (κ3) is 3.66. The summed E-state index contributed by atoms with van der Waals surface area (Å²) in [6.45, 7) is 2.67. The monoisotopic (exact) mass is 379 g/mol. The third-order valence-corrected chi connectivity index (χ3v) is 5.20. The molecule has 1 saturated heterocycles. The normalized spacial score (nSPS) is 14.4. The van der Waals surface area contributed by atoms with E-state index in [1.807, 2.05) is 29.3 Å². The average Bonchev–Trinajstić information content (AvgIpc) is 3.15. The van der Waals surface area contributed by atoms with E-state index >= 15 is 0 Å². The van der Waals surface area contributed by atoms with Crippen molar-refractivity contribution in [3.63, 3.8) is 0 Å². The Hall–Kier alpha value is -3.42. The molecule has 4 rings (SSSR count). The first-order valence-corrected chi connectivity index (χ1v) is 9.30. The minimum Gasteiger partial charge on any atom is -0.365 e. The first-order valence-electron chi connectivity index (χ1n) is 9.30. The molecule has 1 aliphatic rings.